The number of amides is 1. The van der Waals surface area contributed by atoms with Gasteiger partial charge in [0.1, 0.15) is 0 Å². The van der Waals surface area contributed by atoms with Crippen LogP contribution in [0, 0.1) is 18.3 Å². The fourth-order valence-corrected chi connectivity index (χ4v) is 3.58. The summed E-state index contributed by atoms with van der Waals surface area (Å²) in [5.41, 5.74) is 3.49. The first kappa shape index (κ1) is 25.5. The molecule has 3 rings (SSSR count). The molecule has 0 heterocycles. The van der Waals surface area contributed by atoms with Gasteiger partial charge in [-0.15, -0.1) is 0 Å². The van der Waals surface area contributed by atoms with Crippen LogP contribution >= 0.6 is 15.9 Å². The van der Waals surface area contributed by atoms with Crippen LogP contribution in [0.15, 0.2) is 65.1 Å². The summed E-state index contributed by atoms with van der Waals surface area (Å²) in [5.74, 6) is -0.554. The summed E-state index contributed by atoms with van der Waals surface area (Å²) in [4.78, 5) is 23.4. The molecule has 8 heteroatoms. The van der Waals surface area contributed by atoms with E-state index in [1.54, 1.807) is 30.3 Å². The van der Waals surface area contributed by atoms with E-state index in [9.17, 15) is 14.9 Å². The Balaban J connectivity index is 1.81. The third-order valence-electron chi connectivity index (χ3n) is 4.92. The third-order valence-corrected chi connectivity index (χ3v) is 5.61. The zero-order valence-electron chi connectivity index (χ0n) is 19.2. The van der Waals surface area contributed by atoms with Crippen LogP contribution < -0.4 is 14.8 Å². The van der Waals surface area contributed by atoms with Crippen molar-refractivity contribution in [3.63, 3.8) is 0 Å². The predicted molar refractivity (Wildman–Crippen MR) is 137 cm³/mol. The first-order valence-corrected chi connectivity index (χ1v) is 11.5. The number of nitriles is 1. The summed E-state index contributed by atoms with van der Waals surface area (Å²) in [6.07, 6.45) is 1.66. The van der Waals surface area contributed by atoms with Crippen molar-refractivity contribution in [3.05, 3.63) is 87.4 Å². The molecule has 0 atom stereocenters. The average Bonchev–Trinajstić information content (AvgIpc) is 2.84. The monoisotopic (exact) mass is 534 g/mol. The molecule has 7 nitrogen and oxygen atoms in total. The van der Waals surface area contributed by atoms with Gasteiger partial charge in [-0.2, -0.15) is 5.26 Å². The first-order chi connectivity index (χ1) is 16.8. The SMILES string of the molecule is CCOc1cc(/C=C(/C#N)c2ccc(C(=O)O)cc2)c(Br)cc1OCC(=O)Nc1ccc(C)cc1. The number of rotatable bonds is 9. The molecule has 0 aromatic heterocycles. The molecule has 0 unspecified atom stereocenters. The van der Waals surface area contributed by atoms with Gasteiger partial charge in [0, 0.05) is 10.2 Å². The molecular formula is C27H23BrN2O5. The zero-order valence-corrected chi connectivity index (χ0v) is 20.8. The topological polar surface area (TPSA) is 109 Å². The number of carbonyl (C=O) groups excluding carboxylic acids is 1. The molecule has 0 saturated carbocycles. The highest BCUT2D eigenvalue weighted by Gasteiger charge is 2.14. The van der Waals surface area contributed by atoms with Crippen LogP contribution in [0.25, 0.3) is 11.6 Å². The molecule has 0 bridgehead atoms. The number of ether oxygens (including phenoxy) is 2. The summed E-state index contributed by atoms with van der Waals surface area (Å²) >= 11 is 3.49. The molecule has 178 valence electrons. The second-order valence-electron chi connectivity index (χ2n) is 7.51. The van der Waals surface area contributed by atoms with Crippen molar-refractivity contribution in [1.29, 1.82) is 5.26 Å². The molecule has 0 spiro atoms. The average molecular weight is 535 g/mol. The Morgan fingerprint density at radius 1 is 1.03 bits per heavy atom. The van der Waals surface area contributed by atoms with Crippen LogP contribution in [-0.2, 0) is 4.79 Å². The van der Waals surface area contributed by atoms with Crippen LogP contribution in [0.3, 0.4) is 0 Å². The predicted octanol–water partition coefficient (Wildman–Crippen LogP) is 5.94. The van der Waals surface area contributed by atoms with Crippen molar-refractivity contribution in [2.24, 2.45) is 0 Å². The number of nitrogens with zero attached hydrogens (tertiary/aromatic N) is 1. The Morgan fingerprint density at radius 2 is 1.66 bits per heavy atom. The minimum absolute atomic E-state index is 0.138. The maximum atomic E-state index is 12.3. The molecule has 0 aliphatic carbocycles. The first-order valence-electron chi connectivity index (χ1n) is 10.7. The minimum atomic E-state index is -1.04. The Hall–Kier alpha value is -4.09. The van der Waals surface area contributed by atoms with E-state index in [1.165, 1.54) is 12.1 Å². The molecule has 0 aliphatic rings. The molecule has 3 aromatic carbocycles. The highest BCUT2D eigenvalue weighted by Crippen LogP contribution is 2.35. The number of hydrogen-bond donors (Lipinski definition) is 2. The lowest BCUT2D eigenvalue weighted by Gasteiger charge is -2.14. The summed E-state index contributed by atoms with van der Waals surface area (Å²) in [5, 5.41) is 21.5. The number of benzene rings is 3. The Morgan fingerprint density at radius 3 is 2.26 bits per heavy atom. The van der Waals surface area contributed by atoms with Crippen LogP contribution in [0.4, 0.5) is 5.69 Å². The number of anilines is 1. The van der Waals surface area contributed by atoms with Crippen molar-refractivity contribution in [3.8, 4) is 17.6 Å². The van der Waals surface area contributed by atoms with Crippen LogP contribution in [0.2, 0.25) is 0 Å². The van der Waals surface area contributed by atoms with Gasteiger partial charge in [0.25, 0.3) is 5.91 Å². The maximum Gasteiger partial charge on any atom is 0.335 e. The summed E-state index contributed by atoms with van der Waals surface area (Å²) in [6.45, 7) is 3.96. The largest absolute Gasteiger partial charge is 0.490 e. The van der Waals surface area contributed by atoms with Gasteiger partial charge in [-0.25, -0.2) is 4.79 Å². The van der Waals surface area contributed by atoms with E-state index in [0.717, 1.165) is 5.56 Å². The van der Waals surface area contributed by atoms with E-state index >= 15 is 0 Å². The van der Waals surface area contributed by atoms with Crippen molar-refractivity contribution in [2.75, 3.05) is 18.5 Å². The van der Waals surface area contributed by atoms with Crippen LogP contribution in [0.5, 0.6) is 11.5 Å². The molecule has 0 fully saturated rings. The van der Waals surface area contributed by atoms with Crippen LogP contribution in [0.1, 0.15) is 34.0 Å². The molecule has 1 amide bonds. The highest BCUT2D eigenvalue weighted by atomic mass is 79.9. The number of allylic oxidation sites excluding steroid dienone is 1. The molecule has 0 aliphatic heterocycles. The lowest BCUT2D eigenvalue weighted by Crippen LogP contribution is -2.20. The van der Waals surface area contributed by atoms with Gasteiger partial charge in [0.05, 0.1) is 23.8 Å². The van der Waals surface area contributed by atoms with Gasteiger partial charge in [0.15, 0.2) is 18.1 Å². The number of carboxylic acid groups (broad SMARTS) is 1. The molecule has 0 saturated heterocycles. The second kappa shape index (κ2) is 11.9. The fourth-order valence-electron chi connectivity index (χ4n) is 3.15. The number of aromatic carboxylic acids is 1. The van der Waals surface area contributed by atoms with Gasteiger partial charge in [-0.3, -0.25) is 4.79 Å². The van der Waals surface area contributed by atoms with E-state index in [2.05, 4.69) is 27.3 Å². The fraction of sp³-hybridized carbons (Fsp3) is 0.148. The Kier molecular flexibility index (Phi) is 8.65. The van der Waals surface area contributed by atoms with E-state index in [1.807, 2.05) is 38.1 Å². The smallest absolute Gasteiger partial charge is 0.335 e. The Bertz CT molecular complexity index is 1290. The molecular weight excluding hydrogens is 512 g/mol. The maximum absolute atomic E-state index is 12.3. The molecule has 0 radical (unpaired) electrons. The second-order valence-corrected chi connectivity index (χ2v) is 8.36. The number of carboxylic acids is 1. The summed E-state index contributed by atoms with van der Waals surface area (Å²) < 4.78 is 12.1. The normalized spacial score (nSPS) is 10.9. The lowest BCUT2D eigenvalue weighted by molar-refractivity contribution is -0.118. The summed E-state index contributed by atoms with van der Waals surface area (Å²) in [7, 11) is 0. The molecule has 3 aromatic rings. The zero-order chi connectivity index (χ0) is 25.4. The van der Waals surface area contributed by atoms with Crippen molar-refractivity contribution >= 4 is 45.1 Å². The van der Waals surface area contributed by atoms with E-state index in [-0.39, 0.29) is 18.1 Å². The van der Waals surface area contributed by atoms with E-state index in [0.29, 0.717) is 45.0 Å². The van der Waals surface area contributed by atoms with E-state index < -0.39 is 5.97 Å². The molecule has 2 N–H and O–H groups in total. The van der Waals surface area contributed by atoms with Gasteiger partial charge >= 0.3 is 5.97 Å². The van der Waals surface area contributed by atoms with Gasteiger partial charge in [-0.05, 0) is 67.4 Å². The lowest BCUT2D eigenvalue weighted by atomic mass is 10.0. The van der Waals surface area contributed by atoms with Crippen molar-refractivity contribution < 1.29 is 24.2 Å². The standard InChI is InChI=1S/C27H23BrN2O5/c1-3-34-24-13-20(12-21(15-29)18-6-8-19(9-7-18)27(32)33)23(28)14-25(24)35-16-26(31)30-22-10-4-17(2)5-11-22/h4-14H,3,16H2,1-2H3,(H,30,31)(H,32,33)/b21-12-. The quantitative estimate of drug-likeness (QED) is 0.260. The third kappa shape index (κ3) is 6.95. The number of carbonyl (C=O) groups is 2. The number of hydrogen-bond acceptors (Lipinski definition) is 5. The van der Waals surface area contributed by atoms with Crippen LogP contribution in [-0.4, -0.2) is 30.2 Å². The van der Waals surface area contributed by atoms with E-state index in [4.69, 9.17) is 14.6 Å². The summed E-state index contributed by atoms with van der Waals surface area (Å²) in [6, 6.07) is 19.0. The van der Waals surface area contributed by atoms with Gasteiger partial charge in [-0.1, -0.05) is 45.8 Å². The van der Waals surface area contributed by atoms with Crippen molar-refractivity contribution in [1.82, 2.24) is 0 Å². The van der Waals surface area contributed by atoms with Crippen molar-refractivity contribution in [2.45, 2.75) is 13.8 Å². The highest BCUT2D eigenvalue weighted by molar-refractivity contribution is 9.10. The number of aryl methyl sites for hydroxylation is 1. The Labute approximate surface area is 211 Å². The number of nitrogens with one attached hydrogen (secondary N) is 1. The minimum Gasteiger partial charge on any atom is -0.490 e. The van der Waals surface area contributed by atoms with Gasteiger partial charge in [0.2, 0.25) is 0 Å². The molecule has 35 heavy (non-hydrogen) atoms. The number of halogens is 1. The van der Waals surface area contributed by atoms with Gasteiger partial charge < -0.3 is 19.9 Å².